The van der Waals surface area contributed by atoms with E-state index in [1.807, 2.05) is 13.8 Å². The van der Waals surface area contributed by atoms with Gasteiger partial charge in [0.15, 0.2) is 5.75 Å². The predicted octanol–water partition coefficient (Wildman–Crippen LogP) is 1.79. The van der Waals surface area contributed by atoms with Gasteiger partial charge in [-0.2, -0.15) is 0 Å². The quantitative estimate of drug-likeness (QED) is 0.260. The van der Waals surface area contributed by atoms with E-state index in [1.54, 1.807) is 0 Å². The first kappa shape index (κ1) is 24.1. The third-order valence-corrected chi connectivity index (χ3v) is 6.65. The molecular formula is C18H24ClN3O7S. The lowest BCUT2D eigenvalue weighted by Crippen LogP contribution is -2.40. The molecule has 0 bridgehead atoms. The second-order valence-electron chi connectivity index (χ2n) is 6.31. The van der Waals surface area contributed by atoms with Crippen LogP contribution in [0.4, 0.5) is 17.1 Å². The van der Waals surface area contributed by atoms with Crippen molar-refractivity contribution in [3.63, 3.8) is 0 Å². The molecule has 2 aromatic rings. The van der Waals surface area contributed by atoms with Gasteiger partial charge in [0.2, 0.25) is 0 Å². The van der Waals surface area contributed by atoms with Gasteiger partial charge in [0.1, 0.15) is 16.3 Å². The number of hydroxylamine groups is 1. The number of anilines is 3. The number of benzene rings is 1. The average molecular weight is 462 g/mol. The number of rotatable bonds is 11. The van der Waals surface area contributed by atoms with Gasteiger partial charge in [-0.25, -0.2) is 8.42 Å². The Balaban J connectivity index is 2.41. The van der Waals surface area contributed by atoms with Crippen LogP contribution in [0, 0.1) is 0 Å². The first-order valence-corrected chi connectivity index (χ1v) is 10.9. The summed E-state index contributed by atoms with van der Waals surface area (Å²) < 4.78 is 31.0. The van der Waals surface area contributed by atoms with E-state index in [9.17, 15) is 23.1 Å². The number of nitrogens with one attached hydrogen (secondary N) is 2. The monoisotopic (exact) mass is 461 g/mol. The summed E-state index contributed by atoms with van der Waals surface area (Å²) in [7, 11) is -2.01. The van der Waals surface area contributed by atoms with E-state index in [0.29, 0.717) is 24.1 Å². The van der Waals surface area contributed by atoms with Gasteiger partial charge in [-0.1, -0.05) is 23.0 Å². The lowest BCUT2D eigenvalue weighted by Gasteiger charge is -2.22. The van der Waals surface area contributed by atoms with Crippen LogP contribution in [0.1, 0.15) is 20.3 Å². The van der Waals surface area contributed by atoms with E-state index >= 15 is 0 Å². The van der Waals surface area contributed by atoms with Crippen LogP contribution in [0.15, 0.2) is 26.6 Å². The molecule has 0 spiro atoms. The summed E-state index contributed by atoms with van der Waals surface area (Å²) in [6, 6.07) is 2.32. The molecule has 2 aromatic carbocycles. The van der Waals surface area contributed by atoms with Gasteiger partial charge in [-0.05, 0) is 25.5 Å². The number of aromatic hydroxyl groups is 1. The molecule has 0 amide bonds. The summed E-state index contributed by atoms with van der Waals surface area (Å²) in [6.07, 6.45) is 0.635. The fourth-order valence-electron chi connectivity index (χ4n) is 2.63. The largest absolute Gasteiger partial charge is 0.504 e. The summed E-state index contributed by atoms with van der Waals surface area (Å²) in [5.41, 5.74) is -1.67. The molecule has 2 rings (SSSR count). The normalized spacial score (nSPS) is 13.0. The molecule has 0 aromatic heterocycles. The highest BCUT2D eigenvalue weighted by Crippen LogP contribution is 2.39. The highest BCUT2D eigenvalue weighted by atomic mass is 35.5. The number of phenols is 1. The first-order valence-electron chi connectivity index (χ1n) is 9.09. The van der Waals surface area contributed by atoms with Crippen LogP contribution >= 0.6 is 11.6 Å². The van der Waals surface area contributed by atoms with Crippen molar-refractivity contribution in [3.8, 4) is 5.75 Å². The second kappa shape index (κ2) is 9.75. The number of hydrogen-bond donors (Lipinski definition) is 3. The standard InChI is InChI=1S/C18H24ClN3O7S/c1-5-10(9-29-6-2)20-13-14(17(25)16(13)24)21-12-8-7-11(19)18(15(12)23)30(26,27)22(3)28-4/h7-8,10,20-21,23H,5-6,9H2,1-4H3/t10-/m1/s1. The number of nitrogens with zero attached hydrogens (tertiary/aromatic N) is 1. The van der Waals surface area contributed by atoms with Gasteiger partial charge >= 0.3 is 0 Å². The number of sulfonamides is 1. The topological polar surface area (TPSA) is 134 Å². The molecule has 3 N–H and O–H groups in total. The van der Waals surface area contributed by atoms with E-state index in [4.69, 9.17) is 21.2 Å². The van der Waals surface area contributed by atoms with E-state index in [2.05, 4.69) is 10.6 Å². The fraction of sp³-hybridized carbons (Fsp3) is 0.444. The smallest absolute Gasteiger partial charge is 0.269 e. The van der Waals surface area contributed by atoms with E-state index in [1.165, 1.54) is 12.1 Å². The molecule has 0 radical (unpaired) electrons. The summed E-state index contributed by atoms with van der Waals surface area (Å²) in [5, 5.41) is 15.9. The molecule has 0 aliphatic heterocycles. The predicted molar refractivity (Wildman–Crippen MR) is 114 cm³/mol. The lowest BCUT2D eigenvalue weighted by molar-refractivity contribution is -0.0259. The van der Waals surface area contributed by atoms with E-state index < -0.39 is 31.5 Å². The Morgan fingerprint density at radius 2 is 1.83 bits per heavy atom. The van der Waals surface area contributed by atoms with Crippen molar-refractivity contribution in [2.75, 3.05) is 38.0 Å². The molecule has 0 saturated carbocycles. The molecule has 166 valence electrons. The van der Waals surface area contributed by atoms with Gasteiger partial charge in [-0.3, -0.25) is 14.4 Å². The third-order valence-electron chi connectivity index (χ3n) is 4.47. The Labute approximate surface area is 179 Å². The SMILES string of the molecule is CCOC[C@@H](CC)Nc1c(Nc2ccc(Cl)c(S(=O)(=O)N(C)OC)c2O)c(=O)c1=O. The lowest BCUT2D eigenvalue weighted by atomic mass is 10.1. The second-order valence-corrected chi connectivity index (χ2v) is 8.59. The summed E-state index contributed by atoms with van der Waals surface area (Å²) in [5.74, 6) is -0.716. The maximum absolute atomic E-state index is 12.6. The Kier molecular flexibility index (Phi) is 7.83. The Morgan fingerprint density at radius 3 is 2.40 bits per heavy atom. The molecule has 10 nitrogen and oxygen atoms in total. The molecule has 0 fully saturated rings. The Hall–Kier alpha value is -2.18. The van der Waals surface area contributed by atoms with Crippen LogP contribution in [0.25, 0.3) is 0 Å². The molecule has 1 atom stereocenters. The van der Waals surface area contributed by atoms with Crippen LogP contribution in [-0.4, -0.2) is 51.4 Å². The van der Waals surface area contributed by atoms with Crippen molar-refractivity contribution in [3.05, 3.63) is 37.6 Å². The van der Waals surface area contributed by atoms with Gasteiger partial charge in [0.25, 0.3) is 20.9 Å². The molecule has 30 heavy (non-hydrogen) atoms. The summed E-state index contributed by atoms with van der Waals surface area (Å²) in [4.78, 5) is 28.2. The number of halogens is 1. The van der Waals surface area contributed by atoms with Crippen molar-refractivity contribution in [2.24, 2.45) is 0 Å². The van der Waals surface area contributed by atoms with Crippen molar-refractivity contribution < 1.29 is 23.1 Å². The minimum absolute atomic E-state index is 0.0410. The van der Waals surface area contributed by atoms with Crippen LogP contribution in [-0.2, 0) is 19.6 Å². The maximum Gasteiger partial charge on any atom is 0.269 e. The zero-order chi connectivity index (χ0) is 22.6. The van der Waals surface area contributed by atoms with Crippen molar-refractivity contribution >= 4 is 38.7 Å². The number of ether oxygens (including phenoxy) is 1. The molecular weight excluding hydrogens is 438 g/mol. The minimum atomic E-state index is -4.28. The average Bonchev–Trinajstić information content (AvgIpc) is 2.72. The van der Waals surface area contributed by atoms with Gasteiger partial charge in [0, 0.05) is 19.7 Å². The highest BCUT2D eigenvalue weighted by Gasteiger charge is 2.31. The van der Waals surface area contributed by atoms with E-state index in [0.717, 1.165) is 14.2 Å². The number of hydrogen-bond acceptors (Lipinski definition) is 9. The highest BCUT2D eigenvalue weighted by molar-refractivity contribution is 7.89. The van der Waals surface area contributed by atoms with Gasteiger partial charge in [-0.15, -0.1) is 0 Å². The molecule has 0 aliphatic carbocycles. The summed E-state index contributed by atoms with van der Waals surface area (Å²) in [6.45, 7) is 4.57. The fourth-order valence-corrected chi connectivity index (χ4v) is 4.20. The van der Waals surface area contributed by atoms with Crippen LogP contribution < -0.4 is 21.5 Å². The molecule has 0 heterocycles. The molecule has 0 saturated heterocycles. The van der Waals surface area contributed by atoms with Gasteiger partial charge in [0.05, 0.1) is 24.4 Å². The van der Waals surface area contributed by atoms with Crippen molar-refractivity contribution in [1.82, 2.24) is 4.47 Å². The van der Waals surface area contributed by atoms with Crippen LogP contribution in [0.3, 0.4) is 0 Å². The summed E-state index contributed by atoms with van der Waals surface area (Å²) >= 11 is 5.98. The van der Waals surface area contributed by atoms with Crippen LogP contribution in [0.2, 0.25) is 5.02 Å². The molecule has 12 heteroatoms. The number of phenolic OH excluding ortho intramolecular Hbond substituents is 1. The zero-order valence-electron chi connectivity index (χ0n) is 17.0. The van der Waals surface area contributed by atoms with Crippen molar-refractivity contribution in [2.45, 2.75) is 31.2 Å². The minimum Gasteiger partial charge on any atom is -0.504 e. The maximum atomic E-state index is 12.6. The van der Waals surface area contributed by atoms with Crippen molar-refractivity contribution in [1.29, 1.82) is 0 Å². The van der Waals surface area contributed by atoms with E-state index in [-0.39, 0.29) is 28.1 Å². The molecule has 0 aliphatic rings. The Morgan fingerprint density at radius 1 is 1.20 bits per heavy atom. The third kappa shape index (κ3) is 4.60. The van der Waals surface area contributed by atoms with Gasteiger partial charge < -0.3 is 20.5 Å². The zero-order valence-corrected chi connectivity index (χ0v) is 18.6. The van der Waals surface area contributed by atoms with Crippen LogP contribution in [0.5, 0.6) is 5.75 Å². The first-order chi connectivity index (χ1) is 14.1. The molecule has 0 unspecified atom stereocenters. The Bertz CT molecular complexity index is 1080.